The fraction of sp³-hybridized carbons (Fsp3) is 0.312. The molecule has 1 saturated heterocycles. The van der Waals surface area contributed by atoms with Crippen LogP contribution in [0.15, 0.2) is 34.0 Å². The van der Waals surface area contributed by atoms with Crippen molar-refractivity contribution in [1.29, 1.82) is 0 Å². The minimum Gasteiger partial charge on any atom is -0.376 e. The largest absolute Gasteiger partial charge is 0.376 e. The van der Waals surface area contributed by atoms with Crippen LogP contribution in [0.2, 0.25) is 0 Å². The first-order valence-corrected chi connectivity index (χ1v) is 7.66. The summed E-state index contributed by atoms with van der Waals surface area (Å²) in [5.74, 6) is -2.54. The zero-order valence-electron chi connectivity index (χ0n) is 13.1. The number of hydrogen-bond donors (Lipinski definition) is 2. The van der Waals surface area contributed by atoms with E-state index in [1.807, 2.05) is 0 Å². The molecule has 0 saturated carbocycles. The van der Waals surface area contributed by atoms with Gasteiger partial charge in [-0.25, -0.2) is 13.6 Å². The molecule has 25 heavy (non-hydrogen) atoms. The molecule has 3 rings (SSSR count). The Hall–Kier alpha value is -2.81. The van der Waals surface area contributed by atoms with Crippen LogP contribution in [0.3, 0.4) is 0 Å². The van der Waals surface area contributed by atoms with Crippen LogP contribution in [0.1, 0.15) is 23.2 Å². The molecule has 9 heteroatoms. The van der Waals surface area contributed by atoms with Gasteiger partial charge in [0, 0.05) is 18.9 Å². The number of amides is 1. The van der Waals surface area contributed by atoms with Gasteiger partial charge in [-0.05, 0) is 25.0 Å². The highest BCUT2D eigenvalue weighted by Crippen LogP contribution is 2.16. The lowest BCUT2D eigenvalue weighted by molar-refractivity contribution is 0.0941. The number of nitrogens with one attached hydrogen (secondary N) is 2. The van der Waals surface area contributed by atoms with E-state index in [9.17, 15) is 23.2 Å². The number of aromatic amines is 1. The summed E-state index contributed by atoms with van der Waals surface area (Å²) in [5, 5.41) is 2.13. The van der Waals surface area contributed by atoms with Gasteiger partial charge in [0.15, 0.2) is 0 Å². The number of ether oxygens (including phenoxy) is 1. The van der Waals surface area contributed by atoms with Crippen molar-refractivity contribution in [2.24, 2.45) is 0 Å². The number of H-pyrrole nitrogens is 1. The maximum atomic E-state index is 13.6. The molecule has 1 aromatic carbocycles. The number of aromatic nitrogens is 2. The summed E-state index contributed by atoms with van der Waals surface area (Å²) in [7, 11) is 0. The summed E-state index contributed by atoms with van der Waals surface area (Å²) in [6.07, 6.45) is 2.20. The van der Waals surface area contributed by atoms with Crippen LogP contribution in [0.5, 0.6) is 0 Å². The molecule has 1 aliphatic heterocycles. The van der Waals surface area contributed by atoms with Gasteiger partial charge in [0.25, 0.3) is 11.5 Å². The first-order valence-electron chi connectivity index (χ1n) is 7.66. The average molecular weight is 351 g/mol. The maximum Gasteiger partial charge on any atom is 0.328 e. The lowest BCUT2D eigenvalue weighted by atomic mass is 10.2. The SMILES string of the molecule is O=C(Nc1cc(F)ccc1F)c1c[nH]c(=O)n(CC2CCCO2)c1=O. The Labute approximate surface area is 140 Å². The Morgan fingerprint density at radius 3 is 2.88 bits per heavy atom. The Morgan fingerprint density at radius 1 is 1.36 bits per heavy atom. The highest BCUT2D eigenvalue weighted by molar-refractivity contribution is 6.03. The van der Waals surface area contributed by atoms with Gasteiger partial charge in [-0.3, -0.25) is 14.2 Å². The molecule has 1 atom stereocenters. The van der Waals surface area contributed by atoms with Gasteiger partial charge in [-0.15, -0.1) is 0 Å². The molecule has 1 unspecified atom stereocenters. The first-order chi connectivity index (χ1) is 12.0. The van der Waals surface area contributed by atoms with E-state index in [1.165, 1.54) is 0 Å². The second-order valence-electron chi connectivity index (χ2n) is 5.64. The van der Waals surface area contributed by atoms with Crippen molar-refractivity contribution in [1.82, 2.24) is 9.55 Å². The second kappa shape index (κ2) is 6.98. The van der Waals surface area contributed by atoms with Gasteiger partial charge in [0.2, 0.25) is 0 Å². The Kier molecular flexibility index (Phi) is 4.75. The summed E-state index contributed by atoms with van der Waals surface area (Å²) in [5.41, 5.74) is -2.29. The zero-order valence-corrected chi connectivity index (χ0v) is 13.1. The lowest BCUT2D eigenvalue weighted by Gasteiger charge is -2.12. The number of rotatable bonds is 4. The molecule has 1 aliphatic rings. The van der Waals surface area contributed by atoms with E-state index in [1.54, 1.807) is 0 Å². The van der Waals surface area contributed by atoms with Crippen LogP contribution in [0.4, 0.5) is 14.5 Å². The first kappa shape index (κ1) is 17.0. The average Bonchev–Trinajstić information content (AvgIpc) is 3.08. The van der Waals surface area contributed by atoms with Crippen molar-refractivity contribution in [2.75, 3.05) is 11.9 Å². The Balaban J connectivity index is 1.89. The third kappa shape index (κ3) is 3.66. The van der Waals surface area contributed by atoms with Gasteiger partial charge in [-0.2, -0.15) is 0 Å². The fourth-order valence-corrected chi connectivity index (χ4v) is 2.61. The van der Waals surface area contributed by atoms with Crippen molar-refractivity contribution in [3.63, 3.8) is 0 Å². The third-order valence-corrected chi connectivity index (χ3v) is 3.89. The number of hydrogen-bond acceptors (Lipinski definition) is 4. The number of carbonyl (C=O) groups excluding carboxylic acids is 1. The quantitative estimate of drug-likeness (QED) is 0.867. The van der Waals surface area contributed by atoms with Crippen molar-refractivity contribution in [3.8, 4) is 0 Å². The van der Waals surface area contributed by atoms with E-state index in [4.69, 9.17) is 4.74 Å². The number of benzene rings is 1. The van der Waals surface area contributed by atoms with Crippen molar-refractivity contribution >= 4 is 11.6 Å². The second-order valence-corrected chi connectivity index (χ2v) is 5.64. The van der Waals surface area contributed by atoms with Gasteiger partial charge in [0.05, 0.1) is 18.3 Å². The molecular formula is C16H15F2N3O4. The van der Waals surface area contributed by atoms with Crippen molar-refractivity contribution in [2.45, 2.75) is 25.5 Å². The van der Waals surface area contributed by atoms with E-state index in [-0.39, 0.29) is 18.2 Å². The van der Waals surface area contributed by atoms with Crippen LogP contribution in [0.25, 0.3) is 0 Å². The molecular weight excluding hydrogens is 336 g/mol. The van der Waals surface area contributed by atoms with Crippen LogP contribution >= 0.6 is 0 Å². The van der Waals surface area contributed by atoms with Crippen molar-refractivity contribution < 1.29 is 18.3 Å². The summed E-state index contributed by atoms with van der Waals surface area (Å²) in [6, 6.07) is 2.55. The predicted octanol–water partition coefficient (Wildman–Crippen LogP) is 1.25. The Bertz CT molecular complexity index is 916. The standard InChI is InChI=1S/C16H15F2N3O4/c17-9-3-4-12(18)13(6-9)20-14(22)11-7-19-16(24)21(15(11)23)8-10-2-1-5-25-10/h3-4,6-7,10H,1-2,5,8H2,(H,19,24)(H,20,22). The van der Waals surface area contributed by atoms with Gasteiger partial charge in [-0.1, -0.05) is 0 Å². The van der Waals surface area contributed by atoms with Gasteiger partial charge < -0.3 is 15.0 Å². The van der Waals surface area contributed by atoms with E-state index in [0.717, 1.165) is 35.4 Å². The smallest absolute Gasteiger partial charge is 0.328 e. The lowest BCUT2D eigenvalue weighted by Crippen LogP contribution is -2.41. The summed E-state index contributed by atoms with van der Waals surface area (Å²) < 4.78 is 33.1. The molecule has 0 radical (unpaired) electrons. The molecule has 1 fully saturated rings. The fourth-order valence-electron chi connectivity index (χ4n) is 2.61. The molecule has 2 N–H and O–H groups in total. The van der Waals surface area contributed by atoms with Gasteiger partial charge >= 0.3 is 5.69 Å². The molecule has 2 aromatic rings. The Morgan fingerprint density at radius 2 is 2.16 bits per heavy atom. The molecule has 0 aliphatic carbocycles. The molecule has 1 aromatic heterocycles. The molecule has 0 bridgehead atoms. The van der Waals surface area contributed by atoms with Gasteiger partial charge in [0.1, 0.15) is 17.2 Å². The number of halogens is 2. The number of carbonyl (C=O) groups is 1. The molecule has 7 nitrogen and oxygen atoms in total. The normalized spacial score (nSPS) is 16.8. The third-order valence-electron chi connectivity index (χ3n) is 3.89. The minimum atomic E-state index is -0.952. The highest BCUT2D eigenvalue weighted by Gasteiger charge is 2.21. The minimum absolute atomic E-state index is 0.0175. The van der Waals surface area contributed by atoms with E-state index in [0.29, 0.717) is 13.0 Å². The monoisotopic (exact) mass is 351 g/mol. The summed E-state index contributed by atoms with van der Waals surface area (Å²) >= 11 is 0. The molecule has 1 amide bonds. The molecule has 2 heterocycles. The predicted molar refractivity (Wildman–Crippen MR) is 84.6 cm³/mol. The number of anilines is 1. The summed E-state index contributed by atoms with van der Waals surface area (Å²) in [4.78, 5) is 38.8. The zero-order chi connectivity index (χ0) is 18.0. The molecule has 132 valence electrons. The topological polar surface area (TPSA) is 93.2 Å². The van der Waals surface area contributed by atoms with Crippen LogP contribution < -0.4 is 16.6 Å². The van der Waals surface area contributed by atoms with E-state index in [2.05, 4.69) is 10.3 Å². The van der Waals surface area contributed by atoms with Crippen LogP contribution in [-0.4, -0.2) is 28.2 Å². The van der Waals surface area contributed by atoms with E-state index >= 15 is 0 Å². The molecule has 0 spiro atoms. The number of nitrogens with zero attached hydrogens (tertiary/aromatic N) is 1. The van der Waals surface area contributed by atoms with Crippen LogP contribution in [0, 0.1) is 11.6 Å². The van der Waals surface area contributed by atoms with Crippen molar-refractivity contribution in [3.05, 3.63) is 62.4 Å². The maximum absolute atomic E-state index is 13.6. The van der Waals surface area contributed by atoms with E-state index < -0.39 is 34.5 Å². The summed E-state index contributed by atoms with van der Waals surface area (Å²) in [6.45, 7) is 0.569. The van der Waals surface area contributed by atoms with Crippen LogP contribution in [-0.2, 0) is 11.3 Å². The highest BCUT2D eigenvalue weighted by atomic mass is 19.1.